The Kier molecular flexibility index (Phi) is 2.98. The minimum Gasteiger partial charge on any atom is -0.435 e. The molecule has 4 nitrogen and oxygen atoms in total. The molecule has 0 saturated carbocycles. The lowest BCUT2D eigenvalue weighted by Gasteiger charge is -2.45. The summed E-state index contributed by atoms with van der Waals surface area (Å²) < 4.78 is 11.1. The molecule has 0 aromatic carbocycles. The molecule has 2 aliphatic heterocycles. The van der Waals surface area contributed by atoms with Gasteiger partial charge in [0.05, 0.1) is 5.92 Å². The minimum atomic E-state index is -1.20. The van der Waals surface area contributed by atoms with Crippen LogP contribution in [0.25, 0.3) is 0 Å². The molecule has 1 unspecified atom stereocenters. The molecule has 3 aliphatic rings. The number of hydrogen-bond donors (Lipinski definition) is 1. The Morgan fingerprint density at radius 2 is 2.11 bits per heavy atom. The van der Waals surface area contributed by atoms with Crippen LogP contribution in [0.4, 0.5) is 0 Å². The van der Waals surface area contributed by atoms with Crippen molar-refractivity contribution < 1.29 is 19.4 Å². The van der Waals surface area contributed by atoms with E-state index in [0.717, 1.165) is 6.42 Å². The molecule has 2 fully saturated rings. The van der Waals surface area contributed by atoms with E-state index in [1.807, 2.05) is 6.92 Å². The summed E-state index contributed by atoms with van der Waals surface area (Å²) in [5.74, 6) is -0.369. The van der Waals surface area contributed by atoms with E-state index in [0.29, 0.717) is 18.3 Å². The zero-order chi connectivity index (χ0) is 13.8. The summed E-state index contributed by atoms with van der Waals surface area (Å²) in [6, 6.07) is 0. The van der Waals surface area contributed by atoms with Gasteiger partial charge in [-0.3, -0.25) is 4.79 Å². The first-order valence-electron chi connectivity index (χ1n) is 7.18. The smallest absolute Gasteiger partial charge is 0.311 e. The first kappa shape index (κ1) is 13.1. The lowest BCUT2D eigenvalue weighted by atomic mass is 9.65. The van der Waals surface area contributed by atoms with Gasteiger partial charge in [-0.15, -0.1) is 0 Å². The monoisotopic (exact) mass is 266 g/mol. The van der Waals surface area contributed by atoms with E-state index in [9.17, 15) is 9.90 Å². The summed E-state index contributed by atoms with van der Waals surface area (Å²) >= 11 is 0. The number of allylic oxidation sites excluding steroid dienone is 2. The topological polar surface area (TPSA) is 55.8 Å². The second kappa shape index (κ2) is 4.32. The number of rotatable bonds is 0. The average Bonchev–Trinajstić information content (AvgIpc) is 2.46. The lowest BCUT2D eigenvalue weighted by molar-refractivity contribution is -0.299. The molecule has 7 atom stereocenters. The van der Waals surface area contributed by atoms with Gasteiger partial charge in [0.1, 0.15) is 0 Å². The second-order valence-electron chi connectivity index (χ2n) is 6.49. The van der Waals surface area contributed by atoms with Crippen molar-refractivity contribution >= 4 is 5.97 Å². The van der Waals surface area contributed by atoms with E-state index < -0.39 is 12.1 Å². The van der Waals surface area contributed by atoms with Crippen LogP contribution in [0.5, 0.6) is 0 Å². The van der Waals surface area contributed by atoms with Crippen LogP contribution >= 0.6 is 0 Å². The molecule has 2 saturated heterocycles. The Balaban J connectivity index is 1.99. The molecule has 0 bridgehead atoms. The van der Waals surface area contributed by atoms with E-state index in [4.69, 9.17) is 9.47 Å². The Bertz CT molecular complexity index is 414. The molecular weight excluding hydrogens is 244 g/mol. The third-order valence-corrected chi connectivity index (χ3v) is 5.06. The van der Waals surface area contributed by atoms with E-state index >= 15 is 0 Å². The van der Waals surface area contributed by atoms with Crippen molar-refractivity contribution in [1.82, 2.24) is 0 Å². The van der Waals surface area contributed by atoms with Crippen LogP contribution in [0, 0.1) is 29.6 Å². The van der Waals surface area contributed by atoms with Crippen LogP contribution < -0.4 is 0 Å². The van der Waals surface area contributed by atoms with Crippen molar-refractivity contribution in [1.29, 1.82) is 0 Å². The molecule has 0 aromatic rings. The molecule has 0 amide bonds. The van der Waals surface area contributed by atoms with Gasteiger partial charge in [-0.05, 0) is 31.1 Å². The summed E-state index contributed by atoms with van der Waals surface area (Å²) in [4.78, 5) is 11.9. The van der Waals surface area contributed by atoms with E-state index in [1.165, 1.54) is 0 Å². The number of hydrogen-bond acceptors (Lipinski definition) is 4. The number of esters is 1. The zero-order valence-corrected chi connectivity index (χ0v) is 11.7. The lowest BCUT2D eigenvalue weighted by Crippen LogP contribution is -2.51. The summed E-state index contributed by atoms with van der Waals surface area (Å²) in [5, 5.41) is 10.2. The predicted molar refractivity (Wildman–Crippen MR) is 68.8 cm³/mol. The number of carbonyl (C=O) groups excluding carboxylic acids is 1. The van der Waals surface area contributed by atoms with Gasteiger partial charge >= 0.3 is 5.97 Å². The fraction of sp³-hybridized carbons (Fsp3) is 0.800. The highest BCUT2D eigenvalue weighted by molar-refractivity contribution is 5.73. The molecule has 106 valence electrons. The van der Waals surface area contributed by atoms with E-state index in [2.05, 4.69) is 19.1 Å². The molecule has 4 heteroatoms. The van der Waals surface area contributed by atoms with Crippen molar-refractivity contribution in [3.05, 3.63) is 12.2 Å². The molecular formula is C15H22O4. The van der Waals surface area contributed by atoms with Gasteiger partial charge in [0.25, 0.3) is 0 Å². The third kappa shape index (κ3) is 2.11. The zero-order valence-electron chi connectivity index (χ0n) is 11.7. The van der Waals surface area contributed by atoms with Crippen molar-refractivity contribution in [3.8, 4) is 0 Å². The van der Waals surface area contributed by atoms with Gasteiger partial charge in [0.2, 0.25) is 6.29 Å². The minimum absolute atomic E-state index is 0.126. The molecule has 0 aromatic heterocycles. The van der Waals surface area contributed by atoms with Crippen LogP contribution in [0.15, 0.2) is 12.2 Å². The summed E-state index contributed by atoms with van der Waals surface area (Å²) in [7, 11) is 0. The van der Waals surface area contributed by atoms with Crippen molar-refractivity contribution in [2.24, 2.45) is 29.6 Å². The van der Waals surface area contributed by atoms with Gasteiger partial charge in [-0.25, -0.2) is 0 Å². The fourth-order valence-corrected chi connectivity index (χ4v) is 3.85. The largest absolute Gasteiger partial charge is 0.435 e. The second-order valence-corrected chi connectivity index (χ2v) is 6.49. The van der Waals surface area contributed by atoms with E-state index in [-0.39, 0.29) is 23.7 Å². The molecule has 1 aliphatic carbocycles. The van der Waals surface area contributed by atoms with Gasteiger partial charge in [0.15, 0.2) is 5.79 Å². The first-order chi connectivity index (χ1) is 8.89. The van der Waals surface area contributed by atoms with Crippen molar-refractivity contribution in [2.75, 3.05) is 0 Å². The molecule has 0 radical (unpaired) electrons. The third-order valence-electron chi connectivity index (χ3n) is 5.06. The van der Waals surface area contributed by atoms with Crippen LogP contribution in [-0.4, -0.2) is 23.2 Å². The van der Waals surface area contributed by atoms with Crippen LogP contribution in [-0.2, 0) is 14.3 Å². The summed E-state index contributed by atoms with van der Waals surface area (Å²) in [5.41, 5.74) is 0. The Morgan fingerprint density at radius 3 is 2.84 bits per heavy atom. The van der Waals surface area contributed by atoms with Gasteiger partial charge in [-0.2, -0.15) is 0 Å². The standard InChI is InChI=1S/C15H22O4/c1-8-4-5-11-9(2)13(16)18-14-12(11)10(8)6-7-15(3,17)19-14/h4-5,8-12,14,17H,6-7H2,1-3H3/t8-,9-,10+,11-,12?,14+,15+/m1/s1. The molecule has 0 spiro atoms. The molecule has 1 N–H and O–H groups in total. The highest BCUT2D eigenvalue weighted by atomic mass is 16.8. The van der Waals surface area contributed by atoms with Crippen molar-refractivity contribution in [2.45, 2.75) is 45.7 Å². The van der Waals surface area contributed by atoms with Crippen LogP contribution in [0.3, 0.4) is 0 Å². The van der Waals surface area contributed by atoms with Crippen molar-refractivity contribution in [3.63, 3.8) is 0 Å². The summed E-state index contributed by atoms with van der Waals surface area (Å²) in [6.45, 7) is 5.77. The quantitative estimate of drug-likeness (QED) is 0.539. The highest BCUT2D eigenvalue weighted by Crippen LogP contribution is 2.49. The first-order valence-corrected chi connectivity index (χ1v) is 7.18. The number of aliphatic hydroxyl groups is 1. The predicted octanol–water partition coefficient (Wildman–Crippen LogP) is 2.08. The molecule has 2 heterocycles. The maximum Gasteiger partial charge on any atom is 0.311 e. The maximum absolute atomic E-state index is 11.9. The Morgan fingerprint density at radius 1 is 1.37 bits per heavy atom. The highest BCUT2D eigenvalue weighted by Gasteiger charge is 2.52. The maximum atomic E-state index is 11.9. The summed E-state index contributed by atoms with van der Waals surface area (Å²) in [6.07, 6.45) is 5.23. The molecule has 3 rings (SSSR count). The number of carbonyl (C=O) groups is 1. The SMILES string of the molecule is C[C@@H]1C=C[C@H]2C3[C@@H](OC(=O)[C@@H]2C)O[C@](C)(O)CC[C@H]31. The van der Waals surface area contributed by atoms with Crippen LogP contribution in [0.2, 0.25) is 0 Å². The molecule has 19 heavy (non-hydrogen) atoms. The van der Waals surface area contributed by atoms with Gasteiger partial charge < -0.3 is 14.6 Å². The van der Waals surface area contributed by atoms with Crippen LogP contribution in [0.1, 0.15) is 33.6 Å². The van der Waals surface area contributed by atoms with Gasteiger partial charge in [0, 0.05) is 12.3 Å². The average molecular weight is 266 g/mol. The van der Waals surface area contributed by atoms with Gasteiger partial charge in [-0.1, -0.05) is 26.0 Å². The normalized spacial score (nSPS) is 53.2. The van der Waals surface area contributed by atoms with E-state index in [1.54, 1.807) is 6.92 Å². The number of ether oxygens (including phenoxy) is 2. The Labute approximate surface area is 113 Å². The fourth-order valence-electron chi connectivity index (χ4n) is 3.85. The Hall–Kier alpha value is -0.870.